The number of carbonyl (C=O) groups is 3. The van der Waals surface area contributed by atoms with E-state index in [2.05, 4.69) is 10.6 Å². The molecule has 0 unspecified atom stereocenters. The summed E-state index contributed by atoms with van der Waals surface area (Å²) in [5, 5.41) is 17.1. The Morgan fingerprint density at radius 2 is 1.90 bits per heavy atom. The van der Waals surface area contributed by atoms with E-state index in [1.165, 1.54) is 18.2 Å². The van der Waals surface area contributed by atoms with E-state index in [1.807, 2.05) is 0 Å². The fraction of sp³-hybridized carbons (Fsp3) is 0.250. The van der Waals surface area contributed by atoms with Crippen LogP contribution in [-0.2, 0) is 19.9 Å². The van der Waals surface area contributed by atoms with E-state index in [0.29, 0.717) is 16.8 Å². The quantitative estimate of drug-likeness (QED) is 0.453. The molecule has 3 aliphatic rings. The molecule has 0 radical (unpaired) electrons. The lowest BCUT2D eigenvalue weighted by atomic mass is 9.77. The molecule has 3 heterocycles. The topological polar surface area (TPSA) is 122 Å². The smallest absolute Gasteiger partial charge is 0.271 e. The number of rotatable bonds is 2. The van der Waals surface area contributed by atoms with Crippen LogP contribution >= 0.6 is 0 Å². The van der Waals surface area contributed by atoms with Gasteiger partial charge in [-0.05, 0) is 18.6 Å². The molecule has 0 bridgehead atoms. The highest BCUT2D eigenvalue weighted by Crippen LogP contribution is 2.51. The number of non-ortho nitro benzene ring substituents is 1. The van der Waals surface area contributed by atoms with Crippen molar-refractivity contribution in [2.75, 3.05) is 16.8 Å². The molecular formula is C20H16N4O5. The van der Waals surface area contributed by atoms with Gasteiger partial charge in [-0.1, -0.05) is 24.3 Å². The molecule has 146 valence electrons. The maximum absolute atomic E-state index is 13.5. The lowest BCUT2D eigenvalue weighted by Crippen LogP contribution is -2.51. The molecule has 2 N–H and O–H groups in total. The van der Waals surface area contributed by atoms with Crippen LogP contribution in [0.4, 0.5) is 17.1 Å². The molecule has 5 rings (SSSR count). The Bertz CT molecular complexity index is 1130. The standard InChI is InChI=1S/C20H16N4O5/c1-10-6-7-11(24(28)29)8-15(10)23-17(25)12-9-21-20(16(12)18(23)26)13-4-2-3-5-14(13)22-19(20)27/h2-8,12,16,21H,9H2,1H3,(H,22,27)/t12-,16-,20+/m1/s1. The first kappa shape index (κ1) is 17.5. The molecule has 3 atom stereocenters. The van der Waals surface area contributed by atoms with E-state index in [0.717, 1.165) is 4.90 Å². The van der Waals surface area contributed by atoms with Crippen molar-refractivity contribution in [2.45, 2.75) is 12.5 Å². The number of fused-ring (bicyclic) bond motifs is 4. The van der Waals surface area contributed by atoms with E-state index in [-0.39, 0.29) is 23.8 Å². The molecule has 2 aromatic rings. The number of aryl methyl sites for hydroxylation is 1. The monoisotopic (exact) mass is 392 g/mol. The van der Waals surface area contributed by atoms with E-state index in [9.17, 15) is 24.5 Å². The number of amides is 3. The highest BCUT2D eigenvalue weighted by Gasteiger charge is 2.67. The number of carbonyl (C=O) groups excluding carboxylic acids is 3. The number of nitrogens with one attached hydrogen (secondary N) is 2. The Morgan fingerprint density at radius 1 is 1.14 bits per heavy atom. The summed E-state index contributed by atoms with van der Waals surface area (Å²) in [6.45, 7) is 1.85. The Labute approximate surface area is 164 Å². The van der Waals surface area contributed by atoms with Crippen LogP contribution in [0.3, 0.4) is 0 Å². The van der Waals surface area contributed by atoms with Crippen LogP contribution in [0.25, 0.3) is 0 Å². The Balaban J connectivity index is 1.63. The van der Waals surface area contributed by atoms with Gasteiger partial charge in [0.2, 0.25) is 17.7 Å². The third kappa shape index (κ3) is 2.10. The molecule has 2 aromatic carbocycles. The maximum Gasteiger partial charge on any atom is 0.271 e. The van der Waals surface area contributed by atoms with E-state index in [1.54, 1.807) is 31.2 Å². The van der Waals surface area contributed by atoms with Gasteiger partial charge in [0, 0.05) is 29.9 Å². The zero-order valence-electron chi connectivity index (χ0n) is 15.3. The SMILES string of the molecule is Cc1ccc([N+](=O)[O-])cc1N1C(=O)[C@@H]2CN[C@]3(C(=O)Nc4ccccc43)[C@H]2C1=O. The Hall–Kier alpha value is -3.59. The van der Waals surface area contributed by atoms with Crippen molar-refractivity contribution in [3.63, 3.8) is 0 Å². The maximum atomic E-state index is 13.5. The summed E-state index contributed by atoms with van der Waals surface area (Å²) >= 11 is 0. The van der Waals surface area contributed by atoms with Gasteiger partial charge in [-0.3, -0.25) is 29.8 Å². The van der Waals surface area contributed by atoms with Gasteiger partial charge < -0.3 is 5.32 Å². The molecule has 9 heteroatoms. The number of nitro benzene ring substituents is 1. The number of para-hydroxylation sites is 1. The van der Waals surface area contributed by atoms with Crippen LogP contribution in [0, 0.1) is 28.9 Å². The fourth-order valence-corrected chi connectivity index (χ4v) is 4.75. The van der Waals surface area contributed by atoms with Gasteiger partial charge >= 0.3 is 0 Å². The number of hydrogen-bond donors (Lipinski definition) is 2. The molecule has 2 fully saturated rings. The minimum atomic E-state index is -1.32. The minimum Gasteiger partial charge on any atom is -0.324 e. The van der Waals surface area contributed by atoms with Crippen LogP contribution in [0.5, 0.6) is 0 Å². The zero-order chi connectivity index (χ0) is 20.5. The summed E-state index contributed by atoms with van der Waals surface area (Å²) in [4.78, 5) is 51.2. The highest BCUT2D eigenvalue weighted by atomic mass is 16.6. The predicted molar refractivity (Wildman–Crippen MR) is 102 cm³/mol. The second-order valence-electron chi connectivity index (χ2n) is 7.51. The molecule has 1 spiro atoms. The van der Waals surface area contributed by atoms with Crippen LogP contribution < -0.4 is 15.5 Å². The Kier molecular flexibility index (Phi) is 3.45. The van der Waals surface area contributed by atoms with Crippen LogP contribution in [-0.4, -0.2) is 29.2 Å². The summed E-state index contributed by atoms with van der Waals surface area (Å²) < 4.78 is 0. The normalized spacial score (nSPS) is 27.3. The number of benzene rings is 2. The molecule has 0 aliphatic carbocycles. The van der Waals surface area contributed by atoms with E-state index in [4.69, 9.17) is 0 Å². The van der Waals surface area contributed by atoms with Gasteiger partial charge in [0.1, 0.15) is 5.54 Å². The number of hydrogen-bond acceptors (Lipinski definition) is 6. The first-order valence-electron chi connectivity index (χ1n) is 9.15. The van der Waals surface area contributed by atoms with Gasteiger partial charge in [0.15, 0.2) is 0 Å². The molecule has 9 nitrogen and oxygen atoms in total. The number of anilines is 2. The molecule has 2 saturated heterocycles. The third-order valence-electron chi connectivity index (χ3n) is 6.10. The van der Waals surface area contributed by atoms with Gasteiger partial charge in [-0.2, -0.15) is 0 Å². The average Bonchev–Trinajstić information content (AvgIpc) is 3.30. The summed E-state index contributed by atoms with van der Waals surface area (Å²) in [5.74, 6) is -2.99. The lowest BCUT2D eigenvalue weighted by molar-refractivity contribution is -0.384. The first-order chi connectivity index (χ1) is 13.9. The van der Waals surface area contributed by atoms with Gasteiger partial charge in [0.05, 0.1) is 22.4 Å². The van der Waals surface area contributed by atoms with E-state index < -0.39 is 34.1 Å². The van der Waals surface area contributed by atoms with Crippen LogP contribution in [0.2, 0.25) is 0 Å². The summed E-state index contributed by atoms with van der Waals surface area (Å²) in [5.41, 5.74) is 0.463. The number of nitro groups is 1. The summed E-state index contributed by atoms with van der Waals surface area (Å²) in [7, 11) is 0. The number of imide groups is 1. The molecule has 0 saturated carbocycles. The number of nitrogens with zero attached hydrogens (tertiary/aromatic N) is 2. The van der Waals surface area contributed by atoms with Crippen molar-refractivity contribution < 1.29 is 19.3 Å². The molecular weight excluding hydrogens is 376 g/mol. The summed E-state index contributed by atoms with van der Waals surface area (Å²) in [6, 6.07) is 11.1. The molecule has 29 heavy (non-hydrogen) atoms. The largest absolute Gasteiger partial charge is 0.324 e. The van der Waals surface area contributed by atoms with Crippen molar-refractivity contribution in [1.29, 1.82) is 0 Å². The minimum absolute atomic E-state index is 0.168. The van der Waals surface area contributed by atoms with E-state index >= 15 is 0 Å². The predicted octanol–water partition coefficient (Wildman–Crippen LogP) is 1.46. The van der Waals surface area contributed by atoms with Gasteiger partial charge in [-0.15, -0.1) is 0 Å². The third-order valence-corrected chi connectivity index (χ3v) is 6.10. The van der Waals surface area contributed by atoms with Gasteiger partial charge in [-0.25, -0.2) is 4.90 Å². The molecule has 0 aromatic heterocycles. The first-order valence-corrected chi connectivity index (χ1v) is 9.15. The average molecular weight is 392 g/mol. The molecule has 3 aliphatic heterocycles. The van der Waals surface area contributed by atoms with Crippen molar-refractivity contribution in [1.82, 2.24) is 5.32 Å². The second kappa shape index (κ2) is 5.71. The van der Waals surface area contributed by atoms with Crippen molar-refractivity contribution >= 4 is 34.8 Å². The van der Waals surface area contributed by atoms with Crippen LogP contribution in [0.15, 0.2) is 42.5 Å². The highest BCUT2D eigenvalue weighted by molar-refractivity contribution is 6.26. The fourth-order valence-electron chi connectivity index (χ4n) is 4.75. The molecule has 3 amide bonds. The second-order valence-corrected chi connectivity index (χ2v) is 7.51. The van der Waals surface area contributed by atoms with Crippen LogP contribution in [0.1, 0.15) is 11.1 Å². The van der Waals surface area contributed by atoms with Gasteiger partial charge in [0.25, 0.3) is 5.69 Å². The zero-order valence-corrected chi connectivity index (χ0v) is 15.3. The Morgan fingerprint density at radius 3 is 2.66 bits per heavy atom. The van der Waals surface area contributed by atoms with Crippen molar-refractivity contribution in [2.24, 2.45) is 11.8 Å². The lowest BCUT2D eigenvalue weighted by Gasteiger charge is -2.28. The summed E-state index contributed by atoms with van der Waals surface area (Å²) in [6.07, 6.45) is 0. The van der Waals surface area contributed by atoms with Crippen molar-refractivity contribution in [3.8, 4) is 0 Å². The van der Waals surface area contributed by atoms with Crippen molar-refractivity contribution in [3.05, 3.63) is 63.7 Å².